The van der Waals surface area contributed by atoms with E-state index in [4.69, 9.17) is 10.5 Å². The minimum Gasteiger partial charge on any atom is -0.396 e. The first-order valence-corrected chi connectivity index (χ1v) is 7.73. The van der Waals surface area contributed by atoms with E-state index in [-0.39, 0.29) is 6.61 Å². The van der Waals surface area contributed by atoms with Crippen molar-refractivity contribution in [3.63, 3.8) is 0 Å². The Morgan fingerprint density at radius 3 is 2.74 bits per heavy atom. The van der Waals surface area contributed by atoms with Crippen LogP contribution in [0.5, 0.6) is 0 Å². The molecule has 3 rings (SSSR count). The Balaban J connectivity index is 2.11. The van der Waals surface area contributed by atoms with Crippen molar-refractivity contribution in [2.24, 2.45) is 0 Å². The number of aryl methyl sites for hydroxylation is 2. The smallest absolute Gasteiger partial charge is 0.146 e. The summed E-state index contributed by atoms with van der Waals surface area (Å²) in [4.78, 5) is 8.95. The largest absolute Gasteiger partial charge is 0.396 e. The number of nitrogens with zero attached hydrogens (tertiary/aromatic N) is 4. The Kier molecular flexibility index (Phi) is 4.25. The predicted molar refractivity (Wildman–Crippen MR) is 88.1 cm³/mol. The molecule has 0 bridgehead atoms. The summed E-state index contributed by atoms with van der Waals surface area (Å²) in [6, 6.07) is 5.87. The van der Waals surface area contributed by atoms with Gasteiger partial charge in [0.1, 0.15) is 11.1 Å². The number of fused-ring (bicyclic) bond motifs is 1. The van der Waals surface area contributed by atoms with Gasteiger partial charge < -0.3 is 14.2 Å². The molecule has 0 amide bonds. The predicted octanol–water partition coefficient (Wildman–Crippen LogP) is 1.76. The number of aliphatic hydroxyl groups is 1. The lowest BCUT2D eigenvalue weighted by Crippen LogP contribution is -2.21. The number of aromatic nitrogens is 4. The molecule has 0 aliphatic heterocycles. The maximum Gasteiger partial charge on any atom is 0.146 e. The van der Waals surface area contributed by atoms with Crippen LogP contribution in [0.2, 0.25) is 0 Å². The van der Waals surface area contributed by atoms with Gasteiger partial charge in [-0.15, -0.1) is 0 Å². The highest BCUT2D eigenvalue weighted by Crippen LogP contribution is 2.21. The first kappa shape index (κ1) is 15.4. The lowest BCUT2D eigenvalue weighted by Gasteiger charge is -2.09. The highest BCUT2D eigenvalue weighted by molar-refractivity contribution is 5.80. The van der Waals surface area contributed by atoms with Crippen molar-refractivity contribution in [3.05, 3.63) is 53.2 Å². The van der Waals surface area contributed by atoms with Crippen molar-refractivity contribution in [1.82, 2.24) is 19.1 Å². The third-order valence-corrected chi connectivity index (χ3v) is 4.25. The first-order chi connectivity index (χ1) is 11.1. The van der Waals surface area contributed by atoms with Gasteiger partial charge in [0.25, 0.3) is 0 Å². The third-order valence-electron chi connectivity index (χ3n) is 4.25. The van der Waals surface area contributed by atoms with E-state index in [1.165, 1.54) is 0 Å². The van der Waals surface area contributed by atoms with E-state index in [0.717, 1.165) is 28.0 Å². The van der Waals surface area contributed by atoms with Crippen molar-refractivity contribution in [1.29, 1.82) is 5.41 Å². The van der Waals surface area contributed by atoms with Crippen LogP contribution >= 0.6 is 0 Å². The van der Waals surface area contributed by atoms with E-state index < -0.39 is 0 Å². The zero-order valence-electron chi connectivity index (χ0n) is 13.5. The summed E-state index contributed by atoms with van der Waals surface area (Å²) in [5.74, 6) is 0. The molecule has 0 aliphatic rings. The number of nitrogens with one attached hydrogen (secondary N) is 1. The first-order valence-electron chi connectivity index (χ1n) is 7.73. The third kappa shape index (κ3) is 2.77. The Morgan fingerprint density at radius 2 is 2.04 bits per heavy atom. The molecule has 0 fully saturated rings. The molecule has 0 saturated heterocycles. The van der Waals surface area contributed by atoms with E-state index in [9.17, 15) is 0 Å². The van der Waals surface area contributed by atoms with Crippen LogP contribution in [0.15, 0.2) is 30.7 Å². The van der Waals surface area contributed by atoms with Gasteiger partial charge in [-0.05, 0) is 38.0 Å². The van der Waals surface area contributed by atoms with Gasteiger partial charge in [-0.3, -0.25) is 10.4 Å². The molecule has 0 aliphatic carbocycles. The lowest BCUT2D eigenvalue weighted by atomic mass is 10.2. The van der Waals surface area contributed by atoms with Crippen LogP contribution in [0.3, 0.4) is 0 Å². The second kappa shape index (κ2) is 6.34. The Hall–Kier alpha value is -2.47. The maximum atomic E-state index is 8.99. The summed E-state index contributed by atoms with van der Waals surface area (Å²) < 4.78 is 3.90. The van der Waals surface area contributed by atoms with Crippen LogP contribution in [-0.2, 0) is 13.1 Å². The standard InChI is InChI=1S/C17H21N5O/c1-12-13(2)22(10-14-6-3-4-7-19-14)17-15(12)16(18)21(11-20-17)8-5-9-23/h3-4,6-7,11,18,23H,5,8-10H2,1-2H3. The van der Waals surface area contributed by atoms with Gasteiger partial charge in [-0.1, -0.05) is 6.07 Å². The van der Waals surface area contributed by atoms with E-state index in [2.05, 4.69) is 21.5 Å². The molecule has 3 heterocycles. The quantitative estimate of drug-likeness (QED) is 0.753. The van der Waals surface area contributed by atoms with Crippen LogP contribution in [0.25, 0.3) is 11.0 Å². The second-order valence-corrected chi connectivity index (χ2v) is 5.68. The van der Waals surface area contributed by atoms with Gasteiger partial charge in [-0.25, -0.2) is 4.98 Å². The molecule has 0 radical (unpaired) electrons. The van der Waals surface area contributed by atoms with E-state index >= 15 is 0 Å². The van der Waals surface area contributed by atoms with Gasteiger partial charge in [0.15, 0.2) is 0 Å². The van der Waals surface area contributed by atoms with Crippen LogP contribution in [-0.4, -0.2) is 30.8 Å². The molecule has 3 aromatic heterocycles. The maximum absolute atomic E-state index is 8.99. The normalized spacial score (nSPS) is 11.3. The Labute approximate surface area is 134 Å². The van der Waals surface area contributed by atoms with E-state index in [1.807, 2.05) is 25.1 Å². The van der Waals surface area contributed by atoms with Crippen molar-refractivity contribution < 1.29 is 5.11 Å². The minimum absolute atomic E-state index is 0.114. The van der Waals surface area contributed by atoms with Crippen molar-refractivity contribution in [2.75, 3.05) is 6.61 Å². The summed E-state index contributed by atoms with van der Waals surface area (Å²) in [5.41, 5.74) is 4.41. The molecular formula is C17H21N5O. The van der Waals surface area contributed by atoms with Gasteiger partial charge in [-0.2, -0.15) is 0 Å². The second-order valence-electron chi connectivity index (χ2n) is 5.68. The molecule has 6 nitrogen and oxygen atoms in total. The minimum atomic E-state index is 0.114. The number of hydrogen-bond donors (Lipinski definition) is 2. The fourth-order valence-electron chi connectivity index (χ4n) is 2.85. The Bertz CT molecular complexity index is 879. The average Bonchev–Trinajstić information content (AvgIpc) is 2.81. The molecular weight excluding hydrogens is 290 g/mol. The fraction of sp³-hybridized carbons (Fsp3) is 0.353. The number of aliphatic hydroxyl groups excluding tert-OH is 1. The number of hydrogen-bond acceptors (Lipinski definition) is 4. The molecule has 0 saturated carbocycles. The summed E-state index contributed by atoms with van der Waals surface area (Å²) in [5, 5.41) is 18.3. The molecule has 0 aromatic carbocycles. The molecule has 6 heteroatoms. The molecule has 120 valence electrons. The van der Waals surface area contributed by atoms with Gasteiger partial charge in [0.05, 0.1) is 24.0 Å². The summed E-state index contributed by atoms with van der Waals surface area (Å²) in [6.07, 6.45) is 4.10. The molecule has 23 heavy (non-hydrogen) atoms. The zero-order chi connectivity index (χ0) is 16.4. The highest BCUT2D eigenvalue weighted by atomic mass is 16.3. The molecule has 0 atom stereocenters. The van der Waals surface area contributed by atoms with Crippen LogP contribution in [0.4, 0.5) is 0 Å². The average molecular weight is 311 g/mol. The van der Waals surface area contributed by atoms with E-state index in [0.29, 0.717) is 25.0 Å². The van der Waals surface area contributed by atoms with E-state index in [1.54, 1.807) is 17.1 Å². The number of pyridine rings is 1. The summed E-state index contributed by atoms with van der Waals surface area (Å²) in [6.45, 7) is 5.44. The monoisotopic (exact) mass is 311 g/mol. The van der Waals surface area contributed by atoms with Crippen molar-refractivity contribution in [3.8, 4) is 0 Å². The topological polar surface area (TPSA) is 79.7 Å². The molecule has 3 aromatic rings. The highest BCUT2D eigenvalue weighted by Gasteiger charge is 2.15. The van der Waals surface area contributed by atoms with Crippen LogP contribution in [0, 0.1) is 19.3 Å². The Morgan fingerprint density at radius 1 is 1.22 bits per heavy atom. The molecule has 0 unspecified atom stereocenters. The van der Waals surface area contributed by atoms with Crippen LogP contribution in [0.1, 0.15) is 23.4 Å². The van der Waals surface area contributed by atoms with Crippen molar-refractivity contribution in [2.45, 2.75) is 33.4 Å². The fourth-order valence-corrected chi connectivity index (χ4v) is 2.85. The van der Waals surface area contributed by atoms with Gasteiger partial charge >= 0.3 is 0 Å². The molecule has 2 N–H and O–H groups in total. The van der Waals surface area contributed by atoms with Crippen molar-refractivity contribution >= 4 is 11.0 Å². The summed E-state index contributed by atoms with van der Waals surface area (Å²) in [7, 11) is 0. The SMILES string of the molecule is Cc1c(C)n(Cc2ccccn2)c2ncn(CCCO)c(=N)c12. The summed E-state index contributed by atoms with van der Waals surface area (Å²) >= 11 is 0. The zero-order valence-corrected chi connectivity index (χ0v) is 13.5. The molecule has 0 spiro atoms. The number of rotatable bonds is 5. The van der Waals surface area contributed by atoms with Gasteiger partial charge in [0.2, 0.25) is 0 Å². The van der Waals surface area contributed by atoms with Gasteiger partial charge in [0, 0.05) is 25.0 Å². The van der Waals surface area contributed by atoms with Crippen LogP contribution < -0.4 is 5.49 Å². The lowest BCUT2D eigenvalue weighted by molar-refractivity contribution is 0.278.